The summed E-state index contributed by atoms with van der Waals surface area (Å²) in [5, 5.41) is 5.08. The Morgan fingerprint density at radius 1 is 1.10 bits per heavy atom. The van der Waals surface area contributed by atoms with Crippen molar-refractivity contribution in [2.45, 2.75) is 19.9 Å². The van der Waals surface area contributed by atoms with E-state index in [4.69, 9.17) is 11.6 Å². The number of hydrogen-bond donors (Lipinski definition) is 1. The maximum Gasteiger partial charge on any atom is 0.184 e. The monoisotopic (exact) mass is 302 g/mol. The molecule has 3 aromatic rings. The Hall–Kier alpha value is -1.58. The normalized spacial score (nSPS) is 10.9. The maximum absolute atomic E-state index is 6.18. The van der Waals surface area contributed by atoms with E-state index in [1.54, 1.807) is 11.3 Å². The minimum atomic E-state index is 0.766. The number of nitrogens with zero attached hydrogens (tertiary/aromatic N) is 1. The third kappa shape index (κ3) is 2.65. The number of aromatic nitrogens is 1. The van der Waals surface area contributed by atoms with Gasteiger partial charge in [0.15, 0.2) is 5.13 Å². The molecule has 0 bridgehead atoms. The highest BCUT2D eigenvalue weighted by Crippen LogP contribution is 2.31. The van der Waals surface area contributed by atoms with Crippen LogP contribution in [0.2, 0.25) is 5.02 Å². The molecule has 0 atom stereocenters. The summed E-state index contributed by atoms with van der Waals surface area (Å²) in [6.07, 6.45) is 1.05. The van der Waals surface area contributed by atoms with Crippen LogP contribution in [0, 0.1) is 0 Å². The van der Waals surface area contributed by atoms with Crippen LogP contribution in [0.15, 0.2) is 42.5 Å². The number of rotatable bonds is 4. The summed E-state index contributed by atoms with van der Waals surface area (Å²) >= 11 is 7.78. The lowest BCUT2D eigenvalue weighted by Gasteiger charge is -2.07. The lowest BCUT2D eigenvalue weighted by molar-refractivity contribution is 1.04. The highest BCUT2D eigenvalue weighted by atomic mass is 35.5. The highest BCUT2D eigenvalue weighted by Gasteiger charge is 2.07. The van der Waals surface area contributed by atoms with Gasteiger partial charge >= 0.3 is 0 Å². The van der Waals surface area contributed by atoms with E-state index in [9.17, 15) is 0 Å². The molecule has 1 heterocycles. The first-order valence-corrected chi connectivity index (χ1v) is 7.83. The number of halogens is 1. The zero-order valence-corrected chi connectivity index (χ0v) is 12.8. The van der Waals surface area contributed by atoms with Crippen molar-refractivity contribution in [1.82, 2.24) is 4.98 Å². The van der Waals surface area contributed by atoms with Crippen molar-refractivity contribution in [2.75, 3.05) is 5.32 Å². The Balaban J connectivity index is 1.82. The van der Waals surface area contributed by atoms with E-state index >= 15 is 0 Å². The molecule has 1 N–H and O–H groups in total. The van der Waals surface area contributed by atoms with Gasteiger partial charge < -0.3 is 5.32 Å². The average molecular weight is 303 g/mol. The molecule has 3 rings (SSSR count). The Bertz CT molecular complexity index is 736. The molecule has 0 amide bonds. The van der Waals surface area contributed by atoms with Gasteiger partial charge in [-0.05, 0) is 29.7 Å². The first-order chi connectivity index (χ1) is 9.78. The van der Waals surface area contributed by atoms with E-state index in [0.29, 0.717) is 0 Å². The van der Waals surface area contributed by atoms with Crippen LogP contribution in [0.5, 0.6) is 0 Å². The summed E-state index contributed by atoms with van der Waals surface area (Å²) in [7, 11) is 0. The van der Waals surface area contributed by atoms with Crippen molar-refractivity contribution in [3.8, 4) is 0 Å². The van der Waals surface area contributed by atoms with E-state index in [2.05, 4.69) is 41.5 Å². The predicted octanol–water partition coefficient (Wildman–Crippen LogP) is 5.12. The van der Waals surface area contributed by atoms with Gasteiger partial charge in [0.25, 0.3) is 0 Å². The number of fused-ring (bicyclic) bond motifs is 1. The average Bonchev–Trinajstić information content (AvgIpc) is 2.90. The molecule has 0 fully saturated rings. The third-order valence-electron chi connectivity index (χ3n) is 3.30. The van der Waals surface area contributed by atoms with Crippen LogP contribution in [-0.4, -0.2) is 4.98 Å². The van der Waals surface area contributed by atoms with Crippen LogP contribution in [0.25, 0.3) is 10.2 Å². The van der Waals surface area contributed by atoms with Gasteiger partial charge in [-0.25, -0.2) is 4.98 Å². The summed E-state index contributed by atoms with van der Waals surface area (Å²) in [5.74, 6) is 0. The fourth-order valence-electron chi connectivity index (χ4n) is 2.24. The van der Waals surface area contributed by atoms with Crippen molar-refractivity contribution in [3.05, 3.63) is 58.6 Å². The number of hydrogen-bond acceptors (Lipinski definition) is 3. The van der Waals surface area contributed by atoms with Gasteiger partial charge in [-0.15, -0.1) is 0 Å². The predicted molar refractivity (Wildman–Crippen MR) is 87.8 cm³/mol. The molecule has 2 nitrogen and oxygen atoms in total. The van der Waals surface area contributed by atoms with Crippen molar-refractivity contribution in [3.63, 3.8) is 0 Å². The highest BCUT2D eigenvalue weighted by molar-refractivity contribution is 7.22. The van der Waals surface area contributed by atoms with E-state index in [1.165, 1.54) is 11.1 Å². The van der Waals surface area contributed by atoms with Crippen LogP contribution >= 0.6 is 22.9 Å². The van der Waals surface area contributed by atoms with Crippen LogP contribution in [-0.2, 0) is 13.0 Å². The van der Waals surface area contributed by atoms with Gasteiger partial charge in [-0.3, -0.25) is 0 Å². The van der Waals surface area contributed by atoms with Crippen LogP contribution < -0.4 is 5.32 Å². The molecule has 0 saturated carbocycles. The summed E-state index contributed by atoms with van der Waals surface area (Å²) < 4.78 is 1.04. The Morgan fingerprint density at radius 2 is 1.90 bits per heavy atom. The number of aryl methyl sites for hydroxylation is 1. The first-order valence-electron chi connectivity index (χ1n) is 6.63. The zero-order valence-electron chi connectivity index (χ0n) is 11.2. The van der Waals surface area contributed by atoms with Crippen LogP contribution in [0.3, 0.4) is 0 Å². The molecule has 0 spiro atoms. The Labute approximate surface area is 127 Å². The van der Waals surface area contributed by atoms with Gasteiger partial charge in [0.2, 0.25) is 0 Å². The standard InChI is InChI=1S/C16H15ClN2S/c1-2-11-6-3-4-7-12(11)10-18-16-19-14-9-5-8-13(17)15(14)20-16/h3-9H,2,10H2,1H3,(H,18,19). The quantitative estimate of drug-likeness (QED) is 0.723. The molecule has 0 aliphatic carbocycles. The topological polar surface area (TPSA) is 24.9 Å². The fraction of sp³-hybridized carbons (Fsp3) is 0.188. The van der Waals surface area contributed by atoms with Gasteiger partial charge in [-0.2, -0.15) is 0 Å². The number of nitrogens with one attached hydrogen (secondary N) is 1. The van der Waals surface area contributed by atoms with Gasteiger partial charge in [0.1, 0.15) is 0 Å². The Morgan fingerprint density at radius 3 is 2.65 bits per heavy atom. The molecular weight excluding hydrogens is 288 g/mol. The van der Waals surface area contributed by atoms with Crippen molar-refractivity contribution >= 4 is 38.3 Å². The molecule has 2 aromatic carbocycles. The molecule has 20 heavy (non-hydrogen) atoms. The smallest absolute Gasteiger partial charge is 0.184 e. The van der Waals surface area contributed by atoms with E-state index < -0.39 is 0 Å². The summed E-state index contributed by atoms with van der Waals surface area (Å²) in [6, 6.07) is 14.3. The number of benzene rings is 2. The minimum Gasteiger partial charge on any atom is -0.357 e. The van der Waals surface area contributed by atoms with Crippen molar-refractivity contribution < 1.29 is 0 Å². The minimum absolute atomic E-state index is 0.766. The molecule has 0 unspecified atom stereocenters. The van der Waals surface area contributed by atoms with E-state index in [1.807, 2.05) is 18.2 Å². The molecular formula is C16H15ClN2S. The molecule has 0 saturated heterocycles. The van der Waals surface area contributed by atoms with Gasteiger partial charge in [0, 0.05) is 6.54 Å². The third-order valence-corrected chi connectivity index (χ3v) is 4.79. The lowest BCUT2D eigenvalue weighted by atomic mass is 10.1. The van der Waals surface area contributed by atoms with Gasteiger partial charge in [0.05, 0.1) is 15.2 Å². The van der Waals surface area contributed by atoms with Crippen molar-refractivity contribution in [1.29, 1.82) is 0 Å². The lowest BCUT2D eigenvalue weighted by Crippen LogP contribution is -2.01. The second-order valence-corrected chi connectivity index (χ2v) is 5.99. The molecule has 0 aliphatic heterocycles. The van der Waals surface area contributed by atoms with Crippen molar-refractivity contribution in [2.24, 2.45) is 0 Å². The van der Waals surface area contributed by atoms with Crippen LogP contribution in [0.4, 0.5) is 5.13 Å². The fourth-order valence-corrected chi connectivity index (χ4v) is 3.39. The molecule has 0 radical (unpaired) electrons. The second kappa shape index (κ2) is 5.81. The number of anilines is 1. The molecule has 4 heteroatoms. The maximum atomic E-state index is 6.18. The largest absolute Gasteiger partial charge is 0.357 e. The molecule has 1 aromatic heterocycles. The zero-order chi connectivity index (χ0) is 13.9. The number of thiazole rings is 1. The van der Waals surface area contributed by atoms with Gasteiger partial charge in [-0.1, -0.05) is 60.2 Å². The summed E-state index contributed by atoms with van der Waals surface area (Å²) in [5.41, 5.74) is 3.65. The SMILES string of the molecule is CCc1ccccc1CNc1nc2cccc(Cl)c2s1. The molecule has 102 valence electrons. The van der Waals surface area contributed by atoms with E-state index in [0.717, 1.165) is 33.3 Å². The summed E-state index contributed by atoms with van der Waals surface area (Å²) in [6.45, 7) is 2.97. The van der Waals surface area contributed by atoms with Crippen LogP contribution in [0.1, 0.15) is 18.1 Å². The first kappa shape index (κ1) is 13.4. The second-order valence-electron chi connectivity index (χ2n) is 4.58. The summed E-state index contributed by atoms with van der Waals surface area (Å²) in [4.78, 5) is 4.57. The Kier molecular flexibility index (Phi) is 3.90. The molecule has 0 aliphatic rings. The van der Waals surface area contributed by atoms with E-state index in [-0.39, 0.29) is 0 Å².